The molecule has 0 atom stereocenters. The first kappa shape index (κ1) is 15.5. The van der Waals surface area contributed by atoms with Crippen LogP contribution in [0.1, 0.15) is 56.1 Å². The molecule has 0 radical (unpaired) electrons. The van der Waals surface area contributed by atoms with Crippen LogP contribution in [0, 0.1) is 13.8 Å². The van der Waals surface area contributed by atoms with E-state index in [1.54, 1.807) is 12.1 Å². The lowest BCUT2D eigenvalue weighted by Crippen LogP contribution is -2.15. The van der Waals surface area contributed by atoms with Crippen molar-refractivity contribution in [2.24, 2.45) is 0 Å². The summed E-state index contributed by atoms with van der Waals surface area (Å²) in [5, 5.41) is 0. The van der Waals surface area contributed by atoms with Crippen molar-refractivity contribution in [3.8, 4) is 0 Å². The van der Waals surface area contributed by atoms with Crippen LogP contribution in [0.15, 0.2) is 24.3 Å². The molecule has 0 unspecified atom stereocenters. The third-order valence-electron chi connectivity index (χ3n) is 4.37. The summed E-state index contributed by atoms with van der Waals surface area (Å²) in [6.07, 6.45) is 4.46. The number of rotatable bonds is 4. The standard InChI is InChI=1S/C19H21NO3/c1-12-9-17(13(2)20-12)18(21)11-23-19(22)16-8-7-14-5-3-4-6-15(14)10-16/h7-10,20H,3-6,11H2,1-2H3. The summed E-state index contributed by atoms with van der Waals surface area (Å²) >= 11 is 0. The van der Waals surface area contributed by atoms with Crippen molar-refractivity contribution in [3.05, 3.63) is 57.9 Å². The number of aryl methyl sites for hydroxylation is 4. The second-order valence-corrected chi connectivity index (χ2v) is 6.18. The highest BCUT2D eigenvalue weighted by atomic mass is 16.5. The average molecular weight is 311 g/mol. The number of hydrogen-bond donors (Lipinski definition) is 1. The molecule has 4 heteroatoms. The summed E-state index contributed by atoms with van der Waals surface area (Å²) in [5.41, 5.74) is 5.39. The van der Waals surface area contributed by atoms with Crippen molar-refractivity contribution < 1.29 is 14.3 Å². The van der Waals surface area contributed by atoms with Gasteiger partial charge >= 0.3 is 5.97 Å². The van der Waals surface area contributed by atoms with Crippen LogP contribution in [0.25, 0.3) is 0 Å². The summed E-state index contributed by atoms with van der Waals surface area (Å²) in [5.74, 6) is -0.616. The van der Waals surface area contributed by atoms with Gasteiger partial charge in [0.1, 0.15) is 0 Å². The summed E-state index contributed by atoms with van der Waals surface area (Å²) in [6.45, 7) is 3.50. The Morgan fingerprint density at radius 1 is 1.09 bits per heavy atom. The van der Waals surface area contributed by atoms with Crippen molar-refractivity contribution in [3.63, 3.8) is 0 Å². The number of carbonyl (C=O) groups is 2. The van der Waals surface area contributed by atoms with Crippen LogP contribution in [0.2, 0.25) is 0 Å². The van der Waals surface area contributed by atoms with Crippen LogP contribution in [-0.4, -0.2) is 23.3 Å². The number of esters is 1. The molecule has 0 aliphatic heterocycles. The molecule has 4 nitrogen and oxygen atoms in total. The van der Waals surface area contributed by atoms with Crippen LogP contribution in [0.3, 0.4) is 0 Å². The first-order valence-electron chi connectivity index (χ1n) is 8.03. The number of carbonyl (C=O) groups excluding carboxylic acids is 2. The van der Waals surface area contributed by atoms with Gasteiger partial charge in [-0.1, -0.05) is 6.07 Å². The lowest BCUT2D eigenvalue weighted by Gasteiger charge is -2.16. The maximum atomic E-state index is 12.2. The third-order valence-corrected chi connectivity index (χ3v) is 4.37. The maximum absolute atomic E-state index is 12.2. The van der Waals surface area contributed by atoms with Gasteiger partial charge in [0, 0.05) is 17.0 Å². The number of fused-ring (bicyclic) bond motifs is 1. The van der Waals surface area contributed by atoms with E-state index in [9.17, 15) is 9.59 Å². The fourth-order valence-corrected chi connectivity index (χ4v) is 3.17. The third kappa shape index (κ3) is 3.36. The van der Waals surface area contributed by atoms with E-state index in [2.05, 4.69) is 4.98 Å². The molecule has 0 amide bonds. The van der Waals surface area contributed by atoms with Gasteiger partial charge < -0.3 is 9.72 Å². The molecule has 0 saturated heterocycles. The summed E-state index contributed by atoms with van der Waals surface area (Å²) < 4.78 is 5.20. The molecular formula is C19H21NO3. The molecule has 3 rings (SSSR count). The first-order chi connectivity index (χ1) is 11.0. The van der Waals surface area contributed by atoms with Gasteiger partial charge in [-0.2, -0.15) is 0 Å². The minimum Gasteiger partial charge on any atom is -0.454 e. The normalized spacial score (nSPS) is 13.5. The van der Waals surface area contributed by atoms with Gasteiger partial charge in [-0.3, -0.25) is 4.79 Å². The number of aromatic nitrogens is 1. The van der Waals surface area contributed by atoms with Gasteiger partial charge in [-0.25, -0.2) is 4.79 Å². The lowest BCUT2D eigenvalue weighted by atomic mass is 9.90. The molecule has 0 fully saturated rings. The molecule has 0 bridgehead atoms. The van der Waals surface area contributed by atoms with Crippen molar-refractivity contribution in [1.29, 1.82) is 0 Å². The molecule has 2 aromatic rings. The minimum atomic E-state index is -0.434. The molecule has 0 spiro atoms. The fraction of sp³-hybridized carbons (Fsp3) is 0.368. The Balaban J connectivity index is 1.65. The molecule has 1 aliphatic carbocycles. The number of H-pyrrole nitrogens is 1. The zero-order valence-electron chi connectivity index (χ0n) is 13.6. The molecule has 1 aliphatic rings. The number of Topliss-reactive ketones (excluding diaryl/α,β-unsaturated/α-hetero) is 1. The van der Waals surface area contributed by atoms with E-state index in [0.29, 0.717) is 11.1 Å². The number of aromatic amines is 1. The van der Waals surface area contributed by atoms with Crippen LogP contribution in [0.4, 0.5) is 0 Å². The Hall–Kier alpha value is -2.36. The first-order valence-corrected chi connectivity index (χ1v) is 8.03. The summed E-state index contributed by atoms with van der Waals surface area (Å²) in [6, 6.07) is 7.49. The molecule has 120 valence electrons. The van der Waals surface area contributed by atoms with Gasteiger partial charge in [0.2, 0.25) is 5.78 Å². The highest BCUT2D eigenvalue weighted by Crippen LogP contribution is 2.22. The van der Waals surface area contributed by atoms with Crippen LogP contribution >= 0.6 is 0 Å². The zero-order chi connectivity index (χ0) is 16.4. The van der Waals surface area contributed by atoms with Crippen molar-refractivity contribution in [2.75, 3.05) is 6.61 Å². The second-order valence-electron chi connectivity index (χ2n) is 6.18. The summed E-state index contributed by atoms with van der Waals surface area (Å²) in [7, 11) is 0. The van der Waals surface area contributed by atoms with E-state index in [-0.39, 0.29) is 12.4 Å². The molecule has 1 heterocycles. The molecule has 23 heavy (non-hydrogen) atoms. The Bertz CT molecular complexity index is 758. The Kier molecular flexibility index (Phi) is 4.33. The van der Waals surface area contributed by atoms with Gasteiger partial charge in [-0.15, -0.1) is 0 Å². The smallest absolute Gasteiger partial charge is 0.338 e. The van der Waals surface area contributed by atoms with E-state index in [4.69, 9.17) is 4.74 Å². The Morgan fingerprint density at radius 2 is 1.83 bits per heavy atom. The van der Waals surface area contributed by atoms with E-state index < -0.39 is 5.97 Å². The van der Waals surface area contributed by atoms with Crippen LogP contribution in [-0.2, 0) is 17.6 Å². The van der Waals surface area contributed by atoms with Gasteiger partial charge in [0.25, 0.3) is 0 Å². The van der Waals surface area contributed by atoms with Crippen molar-refractivity contribution in [1.82, 2.24) is 4.98 Å². The average Bonchev–Trinajstić information content (AvgIpc) is 2.90. The molecule has 1 aromatic carbocycles. The highest BCUT2D eigenvalue weighted by Gasteiger charge is 2.17. The summed E-state index contributed by atoms with van der Waals surface area (Å²) in [4.78, 5) is 27.4. The molecule has 1 aromatic heterocycles. The number of ether oxygens (including phenoxy) is 1. The van der Waals surface area contributed by atoms with E-state index in [1.807, 2.05) is 26.0 Å². The van der Waals surface area contributed by atoms with Gasteiger partial charge in [0.15, 0.2) is 6.61 Å². The lowest BCUT2D eigenvalue weighted by molar-refractivity contribution is 0.0474. The van der Waals surface area contributed by atoms with Crippen molar-refractivity contribution in [2.45, 2.75) is 39.5 Å². The topological polar surface area (TPSA) is 59.2 Å². The van der Waals surface area contributed by atoms with E-state index in [0.717, 1.165) is 30.7 Å². The van der Waals surface area contributed by atoms with E-state index >= 15 is 0 Å². The fourth-order valence-electron chi connectivity index (χ4n) is 3.17. The van der Waals surface area contributed by atoms with Gasteiger partial charge in [0.05, 0.1) is 5.56 Å². The molecule has 0 saturated carbocycles. The molecule has 1 N–H and O–H groups in total. The van der Waals surface area contributed by atoms with E-state index in [1.165, 1.54) is 17.5 Å². The number of hydrogen-bond acceptors (Lipinski definition) is 3. The predicted molar refractivity (Wildman–Crippen MR) is 88.0 cm³/mol. The Morgan fingerprint density at radius 3 is 2.52 bits per heavy atom. The molecular weight excluding hydrogens is 290 g/mol. The highest BCUT2D eigenvalue weighted by molar-refractivity contribution is 6.00. The van der Waals surface area contributed by atoms with Crippen molar-refractivity contribution >= 4 is 11.8 Å². The minimum absolute atomic E-state index is 0.182. The Labute approximate surface area is 135 Å². The van der Waals surface area contributed by atoms with Crippen LogP contribution < -0.4 is 0 Å². The predicted octanol–water partition coefficient (Wildman–Crippen LogP) is 3.55. The quantitative estimate of drug-likeness (QED) is 0.694. The zero-order valence-corrected chi connectivity index (χ0v) is 13.6. The van der Waals surface area contributed by atoms with Crippen LogP contribution in [0.5, 0.6) is 0 Å². The second kappa shape index (κ2) is 6.41. The number of nitrogens with one attached hydrogen (secondary N) is 1. The monoisotopic (exact) mass is 311 g/mol. The van der Waals surface area contributed by atoms with Gasteiger partial charge in [-0.05, 0) is 68.9 Å². The maximum Gasteiger partial charge on any atom is 0.338 e. The number of benzene rings is 1. The SMILES string of the molecule is Cc1cc(C(=O)COC(=O)c2ccc3c(c2)CCCC3)c(C)[nH]1. The number of ketones is 1. The largest absolute Gasteiger partial charge is 0.454 e.